The minimum absolute atomic E-state index is 0.191. The fourth-order valence-corrected chi connectivity index (χ4v) is 2.45. The number of anilines is 1. The molecule has 0 aliphatic carbocycles. The Morgan fingerprint density at radius 2 is 1.88 bits per heavy atom. The molecule has 25 heavy (non-hydrogen) atoms. The molecule has 1 aromatic heterocycles. The molecule has 0 fully saturated rings. The highest BCUT2D eigenvalue weighted by molar-refractivity contribution is 6.04. The van der Waals surface area contributed by atoms with Gasteiger partial charge in [0.1, 0.15) is 11.5 Å². The third-order valence-corrected chi connectivity index (χ3v) is 3.81. The Morgan fingerprint density at radius 3 is 2.60 bits per heavy atom. The zero-order chi connectivity index (χ0) is 17.8. The first kappa shape index (κ1) is 16.6. The molecule has 0 aliphatic rings. The SMILES string of the molecule is COc1ccc(NC(=O)c2cc(-c3ccccc3C)on2)c(OC)c1. The van der Waals surface area contributed by atoms with E-state index in [1.807, 2.05) is 31.2 Å². The second-order valence-corrected chi connectivity index (χ2v) is 5.41. The number of aryl methyl sites for hydroxylation is 1. The second kappa shape index (κ2) is 7.09. The van der Waals surface area contributed by atoms with Crippen molar-refractivity contribution in [2.45, 2.75) is 6.92 Å². The van der Waals surface area contributed by atoms with Gasteiger partial charge in [0.05, 0.1) is 19.9 Å². The van der Waals surface area contributed by atoms with Crippen molar-refractivity contribution in [3.8, 4) is 22.8 Å². The van der Waals surface area contributed by atoms with E-state index in [0.717, 1.165) is 11.1 Å². The molecule has 2 aromatic carbocycles. The Kier molecular flexibility index (Phi) is 4.70. The van der Waals surface area contributed by atoms with E-state index in [9.17, 15) is 4.79 Å². The molecule has 3 rings (SSSR count). The van der Waals surface area contributed by atoms with Crippen LogP contribution in [-0.2, 0) is 0 Å². The van der Waals surface area contributed by atoms with Crippen molar-refractivity contribution in [3.05, 3.63) is 59.8 Å². The number of hydrogen-bond acceptors (Lipinski definition) is 5. The van der Waals surface area contributed by atoms with E-state index in [-0.39, 0.29) is 11.6 Å². The van der Waals surface area contributed by atoms with E-state index >= 15 is 0 Å². The summed E-state index contributed by atoms with van der Waals surface area (Å²) in [5.74, 6) is 1.30. The average Bonchev–Trinajstić information content (AvgIpc) is 3.12. The molecular formula is C19H18N2O4. The summed E-state index contributed by atoms with van der Waals surface area (Å²) in [6.45, 7) is 1.97. The van der Waals surface area contributed by atoms with Crippen LogP contribution in [0.1, 0.15) is 16.1 Å². The molecule has 0 aliphatic heterocycles. The Hall–Kier alpha value is -3.28. The predicted molar refractivity (Wildman–Crippen MR) is 94.2 cm³/mol. The van der Waals surface area contributed by atoms with E-state index in [0.29, 0.717) is 22.9 Å². The van der Waals surface area contributed by atoms with Gasteiger partial charge in [0.25, 0.3) is 5.91 Å². The summed E-state index contributed by atoms with van der Waals surface area (Å²) in [7, 11) is 3.09. The van der Waals surface area contributed by atoms with Crippen molar-refractivity contribution in [2.75, 3.05) is 19.5 Å². The van der Waals surface area contributed by atoms with Crippen LogP contribution in [-0.4, -0.2) is 25.3 Å². The maximum absolute atomic E-state index is 12.4. The van der Waals surface area contributed by atoms with E-state index in [1.54, 1.807) is 31.4 Å². The van der Waals surface area contributed by atoms with Crippen LogP contribution >= 0.6 is 0 Å². The maximum atomic E-state index is 12.4. The molecule has 0 saturated carbocycles. The highest BCUT2D eigenvalue weighted by Crippen LogP contribution is 2.30. The van der Waals surface area contributed by atoms with Gasteiger partial charge >= 0.3 is 0 Å². The molecule has 1 heterocycles. The van der Waals surface area contributed by atoms with Gasteiger partial charge in [-0.3, -0.25) is 4.79 Å². The van der Waals surface area contributed by atoms with Gasteiger partial charge in [-0.15, -0.1) is 0 Å². The molecule has 0 unspecified atom stereocenters. The minimum atomic E-state index is -0.382. The molecule has 0 radical (unpaired) electrons. The van der Waals surface area contributed by atoms with Crippen LogP contribution in [0.3, 0.4) is 0 Å². The molecule has 0 spiro atoms. The average molecular weight is 338 g/mol. The van der Waals surface area contributed by atoms with Crippen molar-refractivity contribution in [1.82, 2.24) is 5.16 Å². The van der Waals surface area contributed by atoms with Gasteiger partial charge in [0.15, 0.2) is 11.5 Å². The Balaban J connectivity index is 1.82. The lowest BCUT2D eigenvalue weighted by molar-refractivity contribution is 0.101. The normalized spacial score (nSPS) is 10.4. The van der Waals surface area contributed by atoms with Crippen LogP contribution in [0.4, 0.5) is 5.69 Å². The molecule has 128 valence electrons. The molecule has 0 saturated heterocycles. The number of methoxy groups -OCH3 is 2. The standard InChI is InChI=1S/C19H18N2O4/c1-12-6-4-5-7-14(12)17-11-16(21-25-17)19(22)20-15-9-8-13(23-2)10-18(15)24-3/h4-11H,1-3H3,(H,20,22). The first-order valence-electron chi connectivity index (χ1n) is 7.68. The van der Waals surface area contributed by atoms with Gasteiger partial charge < -0.3 is 19.3 Å². The summed E-state index contributed by atoms with van der Waals surface area (Å²) in [5, 5.41) is 6.63. The fraction of sp³-hybridized carbons (Fsp3) is 0.158. The van der Waals surface area contributed by atoms with Crippen LogP contribution in [0, 0.1) is 6.92 Å². The summed E-state index contributed by atoms with van der Waals surface area (Å²) in [6.07, 6.45) is 0. The smallest absolute Gasteiger partial charge is 0.277 e. The van der Waals surface area contributed by atoms with Crippen molar-refractivity contribution in [2.24, 2.45) is 0 Å². The van der Waals surface area contributed by atoms with E-state index < -0.39 is 0 Å². The number of ether oxygens (including phenoxy) is 2. The number of carbonyl (C=O) groups is 1. The summed E-state index contributed by atoms with van der Waals surface area (Å²) >= 11 is 0. The molecule has 6 nitrogen and oxygen atoms in total. The molecule has 6 heteroatoms. The second-order valence-electron chi connectivity index (χ2n) is 5.41. The highest BCUT2D eigenvalue weighted by Gasteiger charge is 2.16. The van der Waals surface area contributed by atoms with Crippen molar-refractivity contribution < 1.29 is 18.8 Å². The number of hydrogen-bond donors (Lipinski definition) is 1. The first-order valence-corrected chi connectivity index (χ1v) is 7.68. The molecule has 0 bridgehead atoms. The third kappa shape index (κ3) is 3.47. The topological polar surface area (TPSA) is 73.6 Å². The number of carbonyl (C=O) groups excluding carboxylic acids is 1. The zero-order valence-corrected chi connectivity index (χ0v) is 14.2. The first-order chi connectivity index (χ1) is 12.1. The van der Waals surface area contributed by atoms with Gasteiger partial charge in [-0.25, -0.2) is 0 Å². The van der Waals surface area contributed by atoms with Crippen LogP contribution in [0.15, 0.2) is 53.1 Å². The van der Waals surface area contributed by atoms with Crippen LogP contribution < -0.4 is 14.8 Å². The van der Waals surface area contributed by atoms with Gasteiger partial charge in [0, 0.05) is 17.7 Å². The number of nitrogens with zero attached hydrogens (tertiary/aromatic N) is 1. The van der Waals surface area contributed by atoms with Gasteiger partial charge in [-0.05, 0) is 24.6 Å². The van der Waals surface area contributed by atoms with E-state index in [4.69, 9.17) is 14.0 Å². The summed E-state index contributed by atoms with van der Waals surface area (Å²) in [4.78, 5) is 12.4. The molecule has 1 amide bonds. The number of rotatable bonds is 5. The van der Waals surface area contributed by atoms with Crippen molar-refractivity contribution in [3.63, 3.8) is 0 Å². The quantitative estimate of drug-likeness (QED) is 0.763. The Morgan fingerprint density at radius 1 is 1.08 bits per heavy atom. The molecule has 0 atom stereocenters. The lowest BCUT2D eigenvalue weighted by Gasteiger charge is -2.10. The number of benzene rings is 2. The lowest BCUT2D eigenvalue weighted by Crippen LogP contribution is -2.13. The lowest BCUT2D eigenvalue weighted by atomic mass is 10.1. The third-order valence-electron chi connectivity index (χ3n) is 3.81. The number of aromatic nitrogens is 1. The molecular weight excluding hydrogens is 320 g/mol. The number of amides is 1. The Bertz CT molecular complexity index is 902. The number of nitrogens with one attached hydrogen (secondary N) is 1. The zero-order valence-electron chi connectivity index (χ0n) is 14.2. The predicted octanol–water partition coefficient (Wildman–Crippen LogP) is 3.92. The van der Waals surface area contributed by atoms with Gasteiger partial charge in [-0.2, -0.15) is 0 Å². The maximum Gasteiger partial charge on any atom is 0.277 e. The largest absolute Gasteiger partial charge is 0.497 e. The molecule has 1 N–H and O–H groups in total. The summed E-state index contributed by atoms with van der Waals surface area (Å²) in [6, 6.07) is 14.5. The Labute approximate surface area is 145 Å². The van der Waals surface area contributed by atoms with Crippen LogP contribution in [0.2, 0.25) is 0 Å². The van der Waals surface area contributed by atoms with E-state index in [2.05, 4.69) is 10.5 Å². The monoisotopic (exact) mass is 338 g/mol. The van der Waals surface area contributed by atoms with Gasteiger partial charge in [0.2, 0.25) is 0 Å². The van der Waals surface area contributed by atoms with Crippen LogP contribution in [0.25, 0.3) is 11.3 Å². The van der Waals surface area contributed by atoms with E-state index in [1.165, 1.54) is 7.11 Å². The summed E-state index contributed by atoms with van der Waals surface area (Å²) in [5.41, 5.74) is 2.66. The van der Waals surface area contributed by atoms with Crippen molar-refractivity contribution in [1.29, 1.82) is 0 Å². The molecule has 3 aromatic rings. The fourth-order valence-electron chi connectivity index (χ4n) is 2.45. The minimum Gasteiger partial charge on any atom is -0.497 e. The summed E-state index contributed by atoms with van der Waals surface area (Å²) < 4.78 is 15.7. The van der Waals surface area contributed by atoms with Gasteiger partial charge in [-0.1, -0.05) is 29.4 Å². The highest BCUT2D eigenvalue weighted by atomic mass is 16.5. The van der Waals surface area contributed by atoms with Crippen molar-refractivity contribution >= 4 is 11.6 Å². The van der Waals surface area contributed by atoms with Crippen LogP contribution in [0.5, 0.6) is 11.5 Å².